The molecule has 2 heterocycles. The molecule has 0 radical (unpaired) electrons. The number of piperidine rings is 1. The molecule has 2 aliphatic rings. The van der Waals surface area contributed by atoms with E-state index >= 15 is 0 Å². The van der Waals surface area contributed by atoms with Crippen molar-refractivity contribution in [2.45, 2.75) is 57.9 Å². The predicted molar refractivity (Wildman–Crippen MR) is 94.5 cm³/mol. The van der Waals surface area contributed by atoms with Gasteiger partial charge in [0.2, 0.25) is 5.91 Å². The molecule has 0 spiro atoms. The number of hydrogen-bond acceptors (Lipinski definition) is 2. The molecule has 2 fully saturated rings. The number of likely N-dealkylation sites (tertiary alicyclic amines) is 1. The Morgan fingerprint density at radius 1 is 1.26 bits per heavy atom. The number of carbonyl (C=O) groups excluding carboxylic acids is 1. The first-order chi connectivity index (χ1) is 11.1. The number of carbonyl (C=O) groups is 1. The van der Waals surface area contributed by atoms with Crippen molar-refractivity contribution >= 4 is 5.91 Å². The molecule has 1 N–H and O–H groups in total. The fourth-order valence-electron chi connectivity index (χ4n) is 4.29. The Labute approximate surface area is 140 Å². The number of benzene rings is 1. The highest BCUT2D eigenvalue weighted by Crippen LogP contribution is 2.34. The number of hydrogen-bond donors (Lipinski definition) is 1. The Balaban J connectivity index is 1.55. The van der Waals surface area contributed by atoms with Gasteiger partial charge in [-0.15, -0.1) is 0 Å². The average molecular weight is 314 g/mol. The molecule has 0 aromatic heterocycles. The van der Waals surface area contributed by atoms with Crippen LogP contribution in [0.3, 0.4) is 0 Å². The van der Waals surface area contributed by atoms with Crippen LogP contribution in [-0.2, 0) is 4.79 Å². The van der Waals surface area contributed by atoms with Gasteiger partial charge in [-0.25, -0.2) is 0 Å². The summed E-state index contributed by atoms with van der Waals surface area (Å²) in [5.74, 6) is 1.62. The fourth-order valence-corrected chi connectivity index (χ4v) is 4.29. The van der Waals surface area contributed by atoms with Gasteiger partial charge in [0.15, 0.2) is 0 Å². The fraction of sp³-hybridized carbons (Fsp3) is 0.650. The Kier molecular flexibility index (Phi) is 5.37. The lowest BCUT2D eigenvalue weighted by Crippen LogP contribution is -2.34. The van der Waals surface area contributed by atoms with Crippen molar-refractivity contribution in [1.29, 1.82) is 0 Å². The van der Waals surface area contributed by atoms with E-state index in [9.17, 15) is 4.79 Å². The number of amides is 1. The maximum Gasteiger partial charge on any atom is 0.222 e. The first-order valence-corrected chi connectivity index (χ1v) is 9.21. The van der Waals surface area contributed by atoms with Crippen molar-refractivity contribution in [2.75, 3.05) is 19.6 Å². The Morgan fingerprint density at radius 3 is 2.74 bits per heavy atom. The van der Waals surface area contributed by atoms with Gasteiger partial charge in [0.1, 0.15) is 0 Å². The Bertz CT molecular complexity index is 536. The highest BCUT2D eigenvalue weighted by molar-refractivity contribution is 5.77. The maximum absolute atomic E-state index is 12.7. The highest BCUT2D eigenvalue weighted by Gasteiger charge is 2.33. The van der Waals surface area contributed by atoms with Crippen LogP contribution in [0.4, 0.5) is 0 Å². The number of nitrogens with one attached hydrogen (secondary N) is 1. The van der Waals surface area contributed by atoms with Crippen molar-refractivity contribution in [3.05, 3.63) is 35.4 Å². The zero-order valence-corrected chi connectivity index (χ0v) is 14.6. The molecule has 0 aliphatic carbocycles. The topological polar surface area (TPSA) is 32.3 Å². The van der Waals surface area contributed by atoms with Gasteiger partial charge in [-0.1, -0.05) is 24.3 Å². The SMILES string of the molecule is Cc1ccccc1[C@@H]1C[C@H](C)N(C(=O)CCC2CCNCC2)C1. The molecule has 0 bridgehead atoms. The normalized spacial score (nSPS) is 25.7. The second-order valence-electron chi connectivity index (χ2n) is 7.42. The zero-order valence-electron chi connectivity index (χ0n) is 14.6. The molecule has 1 aromatic carbocycles. The van der Waals surface area contributed by atoms with Crippen molar-refractivity contribution < 1.29 is 4.79 Å². The summed E-state index contributed by atoms with van der Waals surface area (Å²) in [5.41, 5.74) is 2.78. The van der Waals surface area contributed by atoms with E-state index in [1.54, 1.807) is 0 Å². The van der Waals surface area contributed by atoms with E-state index in [-0.39, 0.29) is 0 Å². The monoisotopic (exact) mass is 314 g/mol. The third-order valence-corrected chi connectivity index (χ3v) is 5.75. The highest BCUT2D eigenvalue weighted by atomic mass is 16.2. The zero-order chi connectivity index (χ0) is 16.2. The van der Waals surface area contributed by atoms with Crippen LogP contribution < -0.4 is 5.32 Å². The molecule has 1 aromatic rings. The summed E-state index contributed by atoms with van der Waals surface area (Å²) in [6.07, 6.45) is 5.36. The van der Waals surface area contributed by atoms with Crippen LogP contribution in [0, 0.1) is 12.8 Å². The van der Waals surface area contributed by atoms with Gasteiger partial charge in [0.25, 0.3) is 0 Å². The van der Waals surface area contributed by atoms with Gasteiger partial charge in [-0.05, 0) is 69.7 Å². The molecule has 3 nitrogen and oxygen atoms in total. The second-order valence-corrected chi connectivity index (χ2v) is 7.42. The lowest BCUT2D eigenvalue weighted by molar-refractivity contribution is -0.132. The minimum Gasteiger partial charge on any atom is -0.339 e. The van der Waals surface area contributed by atoms with Gasteiger partial charge in [0.05, 0.1) is 0 Å². The summed E-state index contributed by atoms with van der Waals surface area (Å²) < 4.78 is 0. The molecule has 3 rings (SSSR count). The summed E-state index contributed by atoms with van der Waals surface area (Å²) in [7, 11) is 0. The molecule has 0 unspecified atom stereocenters. The summed E-state index contributed by atoms with van der Waals surface area (Å²) >= 11 is 0. The van der Waals surface area contributed by atoms with Crippen LogP contribution in [0.2, 0.25) is 0 Å². The number of nitrogens with zero attached hydrogens (tertiary/aromatic N) is 1. The Morgan fingerprint density at radius 2 is 2.00 bits per heavy atom. The van der Waals surface area contributed by atoms with Gasteiger partial charge in [0, 0.05) is 24.9 Å². The standard InChI is InChI=1S/C20H30N2O/c1-15-5-3-4-6-19(15)18-13-16(2)22(14-18)20(23)8-7-17-9-11-21-12-10-17/h3-6,16-18,21H,7-14H2,1-2H3/t16-,18+/m0/s1. The van der Waals surface area contributed by atoms with Gasteiger partial charge in [-0.2, -0.15) is 0 Å². The van der Waals surface area contributed by atoms with Crippen molar-refractivity contribution in [2.24, 2.45) is 5.92 Å². The van der Waals surface area contributed by atoms with E-state index in [0.29, 0.717) is 17.9 Å². The Hall–Kier alpha value is -1.35. The molecule has 1 amide bonds. The molecule has 3 heteroatoms. The lowest BCUT2D eigenvalue weighted by Gasteiger charge is -2.25. The minimum atomic E-state index is 0.368. The molecule has 2 saturated heterocycles. The quantitative estimate of drug-likeness (QED) is 0.923. The first kappa shape index (κ1) is 16.5. The lowest BCUT2D eigenvalue weighted by atomic mass is 9.93. The average Bonchev–Trinajstić information content (AvgIpc) is 2.96. The maximum atomic E-state index is 12.7. The van der Waals surface area contributed by atoms with Crippen LogP contribution in [0.15, 0.2) is 24.3 Å². The minimum absolute atomic E-state index is 0.368. The number of aryl methyl sites for hydroxylation is 1. The van der Waals surface area contributed by atoms with Crippen LogP contribution in [-0.4, -0.2) is 36.5 Å². The molecule has 126 valence electrons. The van der Waals surface area contributed by atoms with E-state index in [0.717, 1.165) is 44.8 Å². The molecular weight excluding hydrogens is 284 g/mol. The second kappa shape index (κ2) is 7.48. The summed E-state index contributed by atoms with van der Waals surface area (Å²) in [5, 5.41) is 3.40. The van der Waals surface area contributed by atoms with Crippen LogP contribution in [0.1, 0.15) is 56.1 Å². The predicted octanol–water partition coefficient (Wildman–Crippen LogP) is 3.48. The third-order valence-electron chi connectivity index (χ3n) is 5.75. The molecule has 2 aliphatic heterocycles. The van der Waals surface area contributed by atoms with E-state index in [1.807, 2.05) is 0 Å². The van der Waals surface area contributed by atoms with E-state index in [1.165, 1.54) is 24.0 Å². The molecule has 0 saturated carbocycles. The van der Waals surface area contributed by atoms with Crippen LogP contribution in [0.25, 0.3) is 0 Å². The van der Waals surface area contributed by atoms with E-state index < -0.39 is 0 Å². The van der Waals surface area contributed by atoms with Crippen LogP contribution in [0.5, 0.6) is 0 Å². The molecule has 2 atom stereocenters. The van der Waals surface area contributed by atoms with Crippen molar-refractivity contribution in [1.82, 2.24) is 10.2 Å². The smallest absolute Gasteiger partial charge is 0.222 e. The summed E-state index contributed by atoms with van der Waals surface area (Å²) in [6, 6.07) is 9.01. The summed E-state index contributed by atoms with van der Waals surface area (Å²) in [6.45, 7) is 7.53. The van der Waals surface area contributed by atoms with Gasteiger partial charge >= 0.3 is 0 Å². The van der Waals surface area contributed by atoms with E-state index in [4.69, 9.17) is 0 Å². The molecule has 23 heavy (non-hydrogen) atoms. The largest absolute Gasteiger partial charge is 0.339 e. The van der Waals surface area contributed by atoms with Crippen LogP contribution >= 0.6 is 0 Å². The van der Waals surface area contributed by atoms with E-state index in [2.05, 4.69) is 48.3 Å². The number of rotatable bonds is 4. The first-order valence-electron chi connectivity index (χ1n) is 9.21. The third kappa shape index (κ3) is 3.95. The van der Waals surface area contributed by atoms with Gasteiger partial charge in [-0.3, -0.25) is 4.79 Å². The summed E-state index contributed by atoms with van der Waals surface area (Å²) in [4.78, 5) is 14.8. The van der Waals surface area contributed by atoms with Crippen molar-refractivity contribution in [3.8, 4) is 0 Å². The molecular formula is C20H30N2O. The van der Waals surface area contributed by atoms with Gasteiger partial charge < -0.3 is 10.2 Å². The van der Waals surface area contributed by atoms with Crippen molar-refractivity contribution in [3.63, 3.8) is 0 Å².